The van der Waals surface area contributed by atoms with E-state index >= 15 is 0 Å². The Hall–Kier alpha value is -2.21. The summed E-state index contributed by atoms with van der Waals surface area (Å²) in [4.78, 5) is 28.4. The van der Waals surface area contributed by atoms with E-state index in [0.717, 1.165) is 5.69 Å². The first-order valence-corrected chi connectivity index (χ1v) is 7.67. The molecule has 0 spiro atoms. The molecule has 1 aromatic carbocycles. The molecule has 0 aliphatic heterocycles. The van der Waals surface area contributed by atoms with Gasteiger partial charge in [-0.1, -0.05) is 26.8 Å². The number of nitrogens with one attached hydrogen (secondary N) is 1. The molecule has 0 aliphatic rings. The van der Waals surface area contributed by atoms with Crippen molar-refractivity contribution < 1.29 is 14.7 Å². The fraction of sp³-hybridized carbons (Fsp3) is 0.312. The van der Waals surface area contributed by atoms with Gasteiger partial charge in [-0.15, -0.1) is 11.3 Å². The Bertz CT molecular complexity index is 729. The Balaban J connectivity index is 2.29. The van der Waals surface area contributed by atoms with E-state index < -0.39 is 5.97 Å². The third-order valence-electron chi connectivity index (χ3n) is 3.21. The molecule has 5 nitrogen and oxygen atoms in total. The highest BCUT2D eigenvalue weighted by molar-refractivity contribution is 7.12. The summed E-state index contributed by atoms with van der Waals surface area (Å²) in [7, 11) is 0. The van der Waals surface area contributed by atoms with Crippen LogP contribution in [0.1, 0.15) is 52.1 Å². The van der Waals surface area contributed by atoms with Gasteiger partial charge in [0, 0.05) is 11.1 Å². The predicted molar refractivity (Wildman–Crippen MR) is 86.9 cm³/mol. The van der Waals surface area contributed by atoms with E-state index in [-0.39, 0.29) is 16.9 Å². The van der Waals surface area contributed by atoms with Crippen molar-refractivity contribution in [3.05, 3.63) is 45.4 Å². The first kappa shape index (κ1) is 16.2. The Labute approximate surface area is 133 Å². The Kier molecular flexibility index (Phi) is 4.32. The van der Waals surface area contributed by atoms with E-state index in [2.05, 4.69) is 10.3 Å². The fourth-order valence-corrected chi connectivity index (χ4v) is 2.95. The molecular weight excluding hydrogens is 300 g/mol. The molecule has 1 heterocycles. The van der Waals surface area contributed by atoms with Crippen LogP contribution in [0.3, 0.4) is 0 Å². The molecule has 116 valence electrons. The van der Waals surface area contributed by atoms with Crippen LogP contribution in [0.15, 0.2) is 23.7 Å². The van der Waals surface area contributed by atoms with Gasteiger partial charge in [-0.25, -0.2) is 9.78 Å². The van der Waals surface area contributed by atoms with Gasteiger partial charge in [0.15, 0.2) is 0 Å². The Morgan fingerprint density at radius 3 is 2.55 bits per heavy atom. The largest absolute Gasteiger partial charge is 0.478 e. The van der Waals surface area contributed by atoms with Gasteiger partial charge < -0.3 is 10.4 Å². The number of anilines is 1. The van der Waals surface area contributed by atoms with E-state index in [0.29, 0.717) is 16.1 Å². The number of carboxylic acid groups (broad SMARTS) is 1. The fourth-order valence-electron chi connectivity index (χ4n) is 2.06. The van der Waals surface area contributed by atoms with Crippen LogP contribution in [-0.2, 0) is 5.41 Å². The summed E-state index contributed by atoms with van der Waals surface area (Å²) < 4.78 is 0. The third-order valence-corrected chi connectivity index (χ3v) is 4.04. The van der Waals surface area contributed by atoms with Crippen molar-refractivity contribution in [2.24, 2.45) is 0 Å². The summed E-state index contributed by atoms with van der Waals surface area (Å²) >= 11 is 1.28. The molecule has 6 heteroatoms. The number of thiazole rings is 1. The van der Waals surface area contributed by atoms with Crippen molar-refractivity contribution in [1.82, 2.24) is 4.98 Å². The molecular formula is C16H18N2O3S. The average molecular weight is 318 g/mol. The molecule has 2 N–H and O–H groups in total. The monoisotopic (exact) mass is 318 g/mol. The summed E-state index contributed by atoms with van der Waals surface area (Å²) in [5, 5.41) is 11.9. The third kappa shape index (κ3) is 3.33. The van der Waals surface area contributed by atoms with Crippen LogP contribution in [0.2, 0.25) is 0 Å². The van der Waals surface area contributed by atoms with Crippen LogP contribution in [-0.4, -0.2) is 22.0 Å². The SMILES string of the molecule is Cc1ccc(NC(=O)c2scnc2C(C)(C)C)cc1C(=O)O. The summed E-state index contributed by atoms with van der Waals surface area (Å²) in [6.45, 7) is 7.70. The lowest BCUT2D eigenvalue weighted by atomic mass is 9.91. The van der Waals surface area contributed by atoms with E-state index in [9.17, 15) is 9.59 Å². The maximum Gasteiger partial charge on any atom is 0.336 e. The van der Waals surface area contributed by atoms with E-state index in [1.807, 2.05) is 20.8 Å². The highest BCUT2D eigenvalue weighted by atomic mass is 32.1. The molecule has 0 unspecified atom stereocenters. The molecule has 1 aromatic heterocycles. The Morgan fingerprint density at radius 2 is 1.95 bits per heavy atom. The average Bonchev–Trinajstić information content (AvgIpc) is 2.90. The number of carbonyl (C=O) groups excluding carboxylic acids is 1. The number of aromatic carboxylic acids is 1. The van der Waals surface area contributed by atoms with Crippen molar-refractivity contribution in [3.63, 3.8) is 0 Å². The van der Waals surface area contributed by atoms with Crippen LogP contribution in [0, 0.1) is 6.92 Å². The molecule has 22 heavy (non-hydrogen) atoms. The zero-order chi connectivity index (χ0) is 16.5. The van der Waals surface area contributed by atoms with Crippen molar-refractivity contribution in [3.8, 4) is 0 Å². The van der Waals surface area contributed by atoms with Gasteiger partial charge in [-0.3, -0.25) is 4.79 Å². The first-order valence-electron chi connectivity index (χ1n) is 6.79. The lowest BCUT2D eigenvalue weighted by molar-refractivity contribution is 0.0695. The van der Waals surface area contributed by atoms with E-state index in [1.165, 1.54) is 17.4 Å². The lowest BCUT2D eigenvalue weighted by Gasteiger charge is -2.17. The zero-order valence-electron chi connectivity index (χ0n) is 12.9. The topological polar surface area (TPSA) is 79.3 Å². The molecule has 2 rings (SSSR count). The van der Waals surface area contributed by atoms with Crippen LogP contribution in [0.5, 0.6) is 0 Å². The van der Waals surface area contributed by atoms with E-state index in [1.54, 1.807) is 24.6 Å². The number of aryl methyl sites for hydroxylation is 1. The number of rotatable bonds is 3. The highest BCUT2D eigenvalue weighted by Gasteiger charge is 2.25. The van der Waals surface area contributed by atoms with Crippen LogP contribution in [0.25, 0.3) is 0 Å². The molecule has 2 aromatic rings. The quantitative estimate of drug-likeness (QED) is 0.904. The zero-order valence-corrected chi connectivity index (χ0v) is 13.7. The van der Waals surface area contributed by atoms with Crippen molar-refractivity contribution in [1.29, 1.82) is 0 Å². The van der Waals surface area contributed by atoms with Crippen LogP contribution in [0.4, 0.5) is 5.69 Å². The summed E-state index contributed by atoms with van der Waals surface area (Å²) in [5.41, 5.74) is 3.44. The smallest absolute Gasteiger partial charge is 0.336 e. The molecule has 0 fully saturated rings. The second kappa shape index (κ2) is 5.88. The number of nitrogens with zero attached hydrogens (tertiary/aromatic N) is 1. The van der Waals surface area contributed by atoms with Crippen molar-refractivity contribution >= 4 is 28.9 Å². The number of carboxylic acids is 1. The van der Waals surface area contributed by atoms with Crippen LogP contribution >= 0.6 is 11.3 Å². The normalized spacial score (nSPS) is 11.3. The van der Waals surface area contributed by atoms with Gasteiger partial charge in [0.05, 0.1) is 16.8 Å². The maximum absolute atomic E-state index is 12.4. The predicted octanol–water partition coefficient (Wildman–Crippen LogP) is 3.70. The molecule has 0 saturated heterocycles. The second-order valence-electron chi connectivity index (χ2n) is 6.07. The first-order chi connectivity index (χ1) is 10.2. The number of benzene rings is 1. The number of aromatic nitrogens is 1. The van der Waals surface area contributed by atoms with Gasteiger partial charge in [0.25, 0.3) is 5.91 Å². The van der Waals surface area contributed by atoms with Gasteiger partial charge in [-0.05, 0) is 24.6 Å². The number of carbonyl (C=O) groups is 2. The van der Waals surface area contributed by atoms with E-state index in [4.69, 9.17) is 5.11 Å². The molecule has 1 amide bonds. The Morgan fingerprint density at radius 1 is 1.27 bits per heavy atom. The maximum atomic E-state index is 12.4. The van der Waals surface area contributed by atoms with Crippen LogP contribution < -0.4 is 5.32 Å². The molecule has 0 radical (unpaired) electrons. The minimum atomic E-state index is -1.01. The highest BCUT2D eigenvalue weighted by Crippen LogP contribution is 2.28. The second-order valence-corrected chi connectivity index (χ2v) is 6.92. The van der Waals surface area contributed by atoms with Crippen molar-refractivity contribution in [2.75, 3.05) is 5.32 Å². The lowest BCUT2D eigenvalue weighted by Crippen LogP contribution is -2.20. The molecule has 0 bridgehead atoms. The van der Waals surface area contributed by atoms with Gasteiger partial charge in [0.2, 0.25) is 0 Å². The number of hydrogen-bond donors (Lipinski definition) is 2. The van der Waals surface area contributed by atoms with Crippen molar-refractivity contribution in [2.45, 2.75) is 33.1 Å². The molecule has 0 aliphatic carbocycles. The summed E-state index contributed by atoms with van der Waals surface area (Å²) in [5.74, 6) is -1.28. The summed E-state index contributed by atoms with van der Waals surface area (Å²) in [6, 6.07) is 4.83. The number of hydrogen-bond acceptors (Lipinski definition) is 4. The van der Waals surface area contributed by atoms with Gasteiger partial charge in [-0.2, -0.15) is 0 Å². The van der Waals surface area contributed by atoms with Gasteiger partial charge in [0.1, 0.15) is 4.88 Å². The standard InChI is InChI=1S/C16H18N2O3S/c1-9-5-6-10(7-11(9)15(20)21)18-14(19)12-13(16(2,3)4)17-8-22-12/h5-8H,1-4H3,(H,18,19)(H,20,21). The number of amides is 1. The summed E-state index contributed by atoms with van der Waals surface area (Å²) in [6.07, 6.45) is 0. The minimum absolute atomic E-state index is 0.179. The van der Waals surface area contributed by atoms with Gasteiger partial charge >= 0.3 is 5.97 Å². The molecule has 0 atom stereocenters. The minimum Gasteiger partial charge on any atom is -0.478 e. The molecule has 0 saturated carbocycles.